The number of ether oxygens (including phenoxy) is 1. The SMILES string of the molecule is CN=C(C=CN)c1ccc(Nc2nc(NC3CCCC3)c3c(Cl)c[nH]c3n2)c(OC)c1. The molecule has 0 atom stereocenters. The Bertz CT molecular complexity index is 1130. The molecular formula is C22H26ClN7O. The maximum atomic E-state index is 6.39. The van der Waals surface area contributed by atoms with Gasteiger partial charge < -0.3 is 26.1 Å². The summed E-state index contributed by atoms with van der Waals surface area (Å²) in [5.74, 6) is 1.82. The normalized spacial score (nSPS) is 15.1. The molecule has 0 bridgehead atoms. The molecule has 162 valence electrons. The minimum atomic E-state index is 0.396. The summed E-state index contributed by atoms with van der Waals surface area (Å²) in [7, 11) is 3.34. The van der Waals surface area contributed by atoms with Gasteiger partial charge in [0.15, 0.2) is 0 Å². The summed E-state index contributed by atoms with van der Waals surface area (Å²) in [6.07, 6.45) is 9.65. The summed E-state index contributed by atoms with van der Waals surface area (Å²) in [5.41, 5.74) is 8.59. The van der Waals surface area contributed by atoms with Crippen molar-refractivity contribution in [2.45, 2.75) is 31.7 Å². The van der Waals surface area contributed by atoms with E-state index in [9.17, 15) is 0 Å². The summed E-state index contributed by atoms with van der Waals surface area (Å²) in [4.78, 5) is 16.7. The standard InChI is InChI=1S/C22H26ClN7O/c1-25-16(9-10-24)13-7-8-17(18(11-13)31-2)28-22-29-20-19(15(23)12-26-20)21(30-22)27-14-5-3-4-6-14/h7-12,14H,3-6,24H2,1-2H3,(H3,26,27,28,29,30). The second-order valence-electron chi connectivity index (χ2n) is 7.39. The zero-order chi connectivity index (χ0) is 21.8. The van der Waals surface area contributed by atoms with Crippen LogP contribution >= 0.6 is 11.6 Å². The van der Waals surface area contributed by atoms with E-state index in [-0.39, 0.29) is 0 Å². The molecule has 9 heteroatoms. The number of fused-ring (bicyclic) bond motifs is 1. The molecule has 0 unspecified atom stereocenters. The lowest BCUT2D eigenvalue weighted by molar-refractivity contribution is 0.416. The van der Waals surface area contributed by atoms with Crippen LogP contribution in [0.4, 0.5) is 17.5 Å². The van der Waals surface area contributed by atoms with E-state index in [0.717, 1.165) is 41.0 Å². The molecule has 4 rings (SSSR count). The van der Waals surface area contributed by atoms with Crippen LogP contribution < -0.4 is 21.1 Å². The van der Waals surface area contributed by atoms with Crippen molar-refractivity contribution in [1.82, 2.24) is 15.0 Å². The van der Waals surface area contributed by atoms with Crippen molar-refractivity contribution >= 4 is 45.8 Å². The molecule has 0 saturated heterocycles. The van der Waals surface area contributed by atoms with Gasteiger partial charge in [-0.25, -0.2) is 0 Å². The second-order valence-corrected chi connectivity index (χ2v) is 7.80. The molecule has 2 aromatic heterocycles. The molecule has 1 saturated carbocycles. The van der Waals surface area contributed by atoms with Crippen LogP contribution in [0.3, 0.4) is 0 Å². The van der Waals surface area contributed by atoms with Crippen molar-refractivity contribution in [3.05, 3.63) is 47.3 Å². The summed E-state index contributed by atoms with van der Waals surface area (Å²) < 4.78 is 5.59. The van der Waals surface area contributed by atoms with Crippen LogP contribution in [0.15, 0.2) is 41.7 Å². The van der Waals surface area contributed by atoms with Crippen molar-refractivity contribution in [2.24, 2.45) is 10.7 Å². The first-order chi connectivity index (χ1) is 15.1. The maximum Gasteiger partial charge on any atom is 0.231 e. The van der Waals surface area contributed by atoms with E-state index in [1.54, 1.807) is 26.4 Å². The molecule has 0 amide bonds. The van der Waals surface area contributed by atoms with Gasteiger partial charge >= 0.3 is 0 Å². The molecule has 1 aliphatic carbocycles. The largest absolute Gasteiger partial charge is 0.495 e. The van der Waals surface area contributed by atoms with E-state index in [1.807, 2.05) is 18.2 Å². The fourth-order valence-electron chi connectivity index (χ4n) is 3.88. The molecule has 5 N–H and O–H groups in total. The lowest BCUT2D eigenvalue weighted by Gasteiger charge is -2.16. The Morgan fingerprint density at radius 1 is 1.32 bits per heavy atom. The molecule has 3 aromatic rings. The van der Waals surface area contributed by atoms with Gasteiger partial charge in [0.2, 0.25) is 5.95 Å². The number of hydrogen-bond donors (Lipinski definition) is 4. The van der Waals surface area contributed by atoms with Gasteiger partial charge in [-0.05, 0) is 37.3 Å². The molecule has 0 radical (unpaired) electrons. The van der Waals surface area contributed by atoms with E-state index >= 15 is 0 Å². The number of methoxy groups -OCH3 is 1. The van der Waals surface area contributed by atoms with Gasteiger partial charge in [0, 0.05) is 24.8 Å². The number of aromatic amines is 1. The Morgan fingerprint density at radius 2 is 2.13 bits per heavy atom. The van der Waals surface area contributed by atoms with Crippen molar-refractivity contribution in [3.63, 3.8) is 0 Å². The van der Waals surface area contributed by atoms with Crippen molar-refractivity contribution in [2.75, 3.05) is 24.8 Å². The molecule has 1 fully saturated rings. The van der Waals surface area contributed by atoms with Gasteiger partial charge in [-0.3, -0.25) is 4.99 Å². The van der Waals surface area contributed by atoms with Gasteiger partial charge in [-0.15, -0.1) is 0 Å². The molecular weight excluding hydrogens is 414 g/mol. The monoisotopic (exact) mass is 439 g/mol. The topological polar surface area (TPSA) is 113 Å². The van der Waals surface area contributed by atoms with Crippen LogP contribution in [0.1, 0.15) is 31.2 Å². The molecule has 0 aliphatic heterocycles. The van der Waals surface area contributed by atoms with Gasteiger partial charge in [0.05, 0.1) is 28.9 Å². The Morgan fingerprint density at radius 3 is 2.84 bits per heavy atom. The summed E-state index contributed by atoms with van der Waals surface area (Å²) in [6.45, 7) is 0. The Labute approximate surface area is 186 Å². The number of anilines is 3. The highest BCUT2D eigenvalue weighted by Crippen LogP contribution is 2.33. The Balaban J connectivity index is 1.68. The number of benzene rings is 1. The van der Waals surface area contributed by atoms with Gasteiger partial charge in [-0.2, -0.15) is 9.97 Å². The van der Waals surface area contributed by atoms with E-state index in [4.69, 9.17) is 27.1 Å². The minimum Gasteiger partial charge on any atom is -0.495 e. The molecule has 0 spiro atoms. The van der Waals surface area contributed by atoms with Gasteiger partial charge in [0.1, 0.15) is 17.2 Å². The highest BCUT2D eigenvalue weighted by Gasteiger charge is 2.20. The van der Waals surface area contributed by atoms with Crippen LogP contribution in [0, 0.1) is 0 Å². The molecule has 1 aromatic carbocycles. The number of nitrogens with zero attached hydrogens (tertiary/aromatic N) is 3. The minimum absolute atomic E-state index is 0.396. The van der Waals surface area contributed by atoms with Crippen LogP contribution in [-0.4, -0.2) is 40.9 Å². The number of nitrogens with one attached hydrogen (secondary N) is 3. The van der Waals surface area contributed by atoms with E-state index in [1.165, 1.54) is 19.0 Å². The van der Waals surface area contributed by atoms with E-state index in [2.05, 4.69) is 25.6 Å². The third kappa shape index (κ3) is 4.44. The van der Waals surface area contributed by atoms with Crippen LogP contribution in [0.5, 0.6) is 5.75 Å². The first-order valence-corrected chi connectivity index (χ1v) is 10.6. The number of hydrogen-bond acceptors (Lipinski definition) is 7. The van der Waals surface area contributed by atoms with Crippen LogP contribution in [0.2, 0.25) is 5.02 Å². The fraction of sp³-hybridized carbons (Fsp3) is 0.318. The molecule has 2 heterocycles. The number of nitrogens with two attached hydrogens (primary N) is 1. The highest BCUT2D eigenvalue weighted by atomic mass is 35.5. The zero-order valence-electron chi connectivity index (χ0n) is 17.6. The van der Waals surface area contributed by atoms with Gasteiger partial charge in [-0.1, -0.05) is 30.5 Å². The van der Waals surface area contributed by atoms with E-state index < -0.39 is 0 Å². The highest BCUT2D eigenvalue weighted by molar-refractivity contribution is 6.36. The quantitative estimate of drug-likeness (QED) is 0.400. The summed E-state index contributed by atoms with van der Waals surface area (Å²) >= 11 is 6.39. The lowest BCUT2D eigenvalue weighted by atomic mass is 10.1. The predicted octanol–water partition coefficient (Wildman–Crippen LogP) is 4.61. The number of halogens is 1. The molecule has 31 heavy (non-hydrogen) atoms. The third-order valence-electron chi connectivity index (χ3n) is 5.42. The lowest BCUT2D eigenvalue weighted by Crippen LogP contribution is -2.16. The number of rotatable bonds is 7. The summed E-state index contributed by atoms with van der Waals surface area (Å²) in [6, 6.07) is 6.14. The molecule has 8 nitrogen and oxygen atoms in total. The number of aromatic nitrogens is 3. The average Bonchev–Trinajstić information content (AvgIpc) is 3.42. The third-order valence-corrected chi connectivity index (χ3v) is 5.72. The van der Waals surface area contributed by atoms with Gasteiger partial charge in [0.25, 0.3) is 0 Å². The average molecular weight is 440 g/mol. The van der Waals surface area contributed by atoms with Crippen LogP contribution in [0.25, 0.3) is 11.0 Å². The number of allylic oxidation sites excluding steroid dienone is 1. The molecule has 1 aliphatic rings. The smallest absolute Gasteiger partial charge is 0.231 e. The first-order valence-electron chi connectivity index (χ1n) is 10.2. The maximum absolute atomic E-state index is 6.39. The Kier molecular flexibility index (Phi) is 6.27. The first kappa shape index (κ1) is 21.0. The number of aliphatic imine (C=N–C) groups is 1. The second kappa shape index (κ2) is 9.26. The van der Waals surface area contributed by atoms with Crippen molar-refractivity contribution in [1.29, 1.82) is 0 Å². The fourth-order valence-corrected chi connectivity index (χ4v) is 4.12. The predicted molar refractivity (Wildman–Crippen MR) is 127 cm³/mol. The van der Waals surface area contributed by atoms with Crippen LogP contribution in [-0.2, 0) is 0 Å². The Hall–Kier alpha value is -3.26. The van der Waals surface area contributed by atoms with Crippen molar-refractivity contribution < 1.29 is 4.74 Å². The zero-order valence-corrected chi connectivity index (χ0v) is 18.3. The number of H-pyrrole nitrogens is 1. The van der Waals surface area contributed by atoms with E-state index in [0.29, 0.717) is 28.4 Å². The van der Waals surface area contributed by atoms with Crippen molar-refractivity contribution in [3.8, 4) is 5.75 Å². The summed E-state index contributed by atoms with van der Waals surface area (Å²) in [5, 5.41) is 8.23.